The second-order valence-electron chi connectivity index (χ2n) is 11.6. The van der Waals surface area contributed by atoms with Gasteiger partial charge in [0.2, 0.25) is 0 Å². The van der Waals surface area contributed by atoms with Crippen LogP contribution in [0, 0.1) is 62.3 Å². The van der Waals surface area contributed by atoms with Gasteiger partial charge >= 0.3 is 0 Å². The van der Waals surface area contributed by atoms with E-state index in [1.807, 2.05) is 247 Å². The molecule has 0 aliphatic carbocycles. The predicted molar refractivity (Wildman–Crippen MR) is 351 cm³/mol. The van der Waals surface area contributed by atoms with Crippen molar-refractivity contribution >= 4 is 34.0 Å². The summed E-state index contributed by atoms with van der Waals surface area (Å²) in [5.41, 5.74) is 8.97. The molecule has 0 aromatic carbocycles. The van der Waals surface area contributed by atoms with Gasteiger partial charge in [0, 0.05) is 101 Å². The fourth-order valence-electron chi connectivity index (χ4n) is 2.98. The lowest BCUT2D eigenvalue weighted by Gasteiger charge is -1.76. The monoisotopic (exact) mass is 1170 g/mol. The summed E-state index contributed by atoms with van der Waals surface area (Å²) in [7, 11) is 1.94. The molecule has 10 aromatic heterocycles. The van der Waals surface area contributed by atoms with Crippen LogP contribution in [0.2, 0.25) is 0 Å². The molecule has 80 heavy (non-hydrogen) atoms. The van der Waals surface area contributed by atoms with E-state index in [4.69, 9.17) is 4.42 Å². The molecule has 10 heterocycles. The highest BCUT2D eigenvalue weighted by atomic mass is 32.1. The van der Waals surface area contributed by atoms with Gasteiger partial charge in [-0.25, -0.2) is 24.9 Å². The van der Waals surface area contributed by atoms with E-state index in [0.717, 1.165) is 44.9 Å². The van der Waals surface area contributed by atoms with E-state index < -0.39 is 0 Å². The van der Waals surface area contributed by atoms with Crippen molar-refractivity contribution in [1.29, 1.82) is 0 Å². The Hall–Kier alpha value is -6.64. The Balaban J connectivity index is -0.0000000822. The van der Waals surface area contributed by atoms with Crippen molar-refractivity contribution in [2.75, 3.05) is 0 Å². The summed E-state index contributed by atoms with van der Waals surface area (Å²) in [4.78, 5) is 40.5. The first-order valence-electron chi connectivity index (χ1n) is 27.9. The van der Waals surface area contributed by atoms with Crippen LogP contribution in [0.3, 0.4) is 0 Å². The standard InChI is InChI=1S/4C4H6N2.3C4H5NO.3C4H5NS.10C2H6/c2*1-4-2-5-3-6-4;1-6-3-2-5-4-6;1-4-5-2-3-6-4;1-4-2-5-3-6-4;1-4-2-5-6-3-4;1-4-2-3-6-5-4;1-4-2-6-3-5-4;1-4-2-5-3-6-4;1-4-5-2-3-6-4;10*1-2/h2*2-3H,1H3,(H,5,6);2-4H,1H3;2-3H,1H3,(H,5,6);6*2-3H,1H3;10*1-2H3. The summed E-state index contributed by atoms with van der Waals surface area (Å²) in [5, 5.41) is 12.1. The molecule has 0 aliphatic rings. The van der Waals surface area contributed by atoms with Gasteiger partial charge in [-0.1, -0.05) is 149 Å². The van der Waals surface area contributed by atoms with Gasteiger partial charge < -0.3 is 33.0 Å². The molecule has 460 valence electrons. The number of rotatable bonds is 0. The molecule has 0 unspecified atom stereocenters. The van der Waals surface area contributed by atoms with Crippen LogP contribution in [0.1, 0.15) is 188 Å². The Bertz CT molecular complexity index is 1660. The number of aryl methyl sites for hydroxylation is 10. The van der Waals surface area contributed by atoms with Gasteiger partial charge in [0.15, 0.2) is 6.39 Å². The maximum Gasteiger partial charge on any atom is 0.180 e. The zero-order valence-corrected chi connectivity index (χ0v) is 57.9. The van der Waals surface area contributed by atoms with Crippen molar-refractivity contribution < 1.29 is 13.5 Å². The van der Waals surface area contributed by atoms with Crippen LogP contribution in [-0.2, 0) is 7.05 Å². The van der Waals surface area contributed by atoms with Crippen LogP contribution in [0.25, 0.3) is 0 Å². The second kappa shape index (κ2) is 91.8. The molecule has 0 aliphatic heterocycles. The van der Waals surface area contributed by atoms with Crippen molar-refractivity contribution in [3.8, 4) is 0 Å². The minimum absolute atomic E-state index is 0.856. The third kappa shape index (κ3) is 88.0. The first kappa shape index (κ1) is 95.7. The van der Waals surface area contributed by atoms with Crippen molar-refractivity contribution in [1.82, 2.24) is 69.7 Å². The van der Waals surface area contributed by atoms with Gasteiger partial charge in [-0.05, 0) is 62.3 Å². The second-order valence-corrected chi connectivity index (χ2v) is 14.5. The van der Waals surface area contributed by atoms with E-state index in [1.165, 1.54) is 11.3 Å². The molecule has 0 spiro atoms. The van der Waals surface area contributed by atoms with Gasteiger partial charge in [-0.3, -0.25) is 15.0 Å². The van der Waals surface area contributed by atoms with E-state index in [-0.39, 0.29) is 0 Å². The highest BCUT2D eigenvalue weighted by molar-refractivity contribution is 7.09. The van der Waals surface area contributed by atoms with Crippen molar-refractivity contribution in [3.63, 3.8) is 0 Å². The largest absolute Gasteiger partial charge is 0.449 e. The van der Waals surface area contributed by atoms with Crippen LogP contribution in [0.5, 0.6) is 0 Å². The molecule has 3 N–H and O–H groups in total. The number of hydrogen-bond donors (Lipinski definition) is 3. The first-order valence-corrected chi connectivity index (χ1v) is 30.6. The maximum atomic E-state index is 4.72. The first-order chi connectivity index (χ1) is 38.9. The normalized spacial score (nSPS) is 7.38. The van der Waals surface area contributed by atoms with Crippen LogP contribution < -0.4 is 0 Å². The number of thiazole rings is 3. The molecule has 17 nitrogen and oxygen atoms in total. The predicted octanol–water partition coefficient (Wildman–Crippen LogP) is 20.1. The molecular formula is C60H114N14O3S3. The van der Waals surface area contributed by atoms with E-state index in [2.05, 4.69) is 74.2 Å². The zero-order valence-electron chi connectivity index (χ0n) is 55.5. The van der Waals surface area contributed by atoms with E-state index in [1.54, 1.807) is 121 Å². The van der Waals surface area contributed by atoms with E-state index >= 15 is 0 Å². The minimum Gasteiger partial charge on any atom is -0.449 e. The van der Waals surface area contributed by atoms with Gasteiger partial charge in [0.25, 0.3) is 0 Å². The minimum atomic E-state index is 0.856. The van der Waals surface area contributed by atoms with Crippen LogP contribution in [0.4, 0.5) is 0 Å². The number of nitrogens with one attached hydrogen (secondary N) is 3. The van der Waals surface area contributed by atoms with Gasteiger partial charge in [0.05, 0.1) is 53.1 Å². The number of aromatic amines is 3. The molecular weight excluding hydrogens is 1060 g/mol. The lowest BCUT2D eigenvalue weighted by atomic mass is 10.4. The summed E-state index contributed by atoms with van der Waals surface area (Å²) < 4.78 is 15.5. The molecule has 10 aromatic rings. The number of H-pyrrole nitrogens is 3. The summed E-state index contributed by atoms with van der Waals surface area (Å²) >= 11 is 4.96. The third-order valence-corrected chi connectivity index (χ3v) is 8.00. The topological polar surface area (TPSA) is 221 Å². The molecule has 0 atom stereocenters. The van der Waals surface area contributed by atoms with Crippen LogP contribution in [0.15, 0.2) is 141 Å². The van der Waals surface area contributed by atoms with Crippen molar-refractivity contribution in [2.45, 2.75) is 201 Å². The number of aromatic nitrogens is 14. The number of imidazole rings is 4. The number of oxazole rings is 1. The SMILES string of the molecule is CC.CC.CC.CC.CC.CC.CC.CC.CC.CC.Cc1ccon1.Cc1cnc[nH]1.Cc1cnc[nH]1.Cc1cnco1.Cc1cncs1.Cc1cnoc1.Cc1cscn1.Cc1ncc[nH]1.Cc1nccs1.Cn1ccnc1. The summed E-state index contributed by atoms with van der Waals surface area (Å²) in [5.74, 6) is 1.82. The zero-order chi connectivity index (χ0) is 64.1. The van der Waals surface area contributed by atoms with E-state index in [0.29, 0.717) is 0 Å². The molecule has 20 heteroatoms. The van der Waals surface area contributed by atoms with Crippen molar-refractivity contribution in [2.24, 2.45) is 7.05 Å². The molecule has 0 radical (unpaired) electrons. The van der Waals surface area contributed by atoms with Crippen LogP contribution >= 0.6 is 34.0 Å². The van der Waals surface area contributed by atoms with Gasteiger partial charge in [-0.2, -0.15) is 0 Å². The van der Waals surface area contributed by atoms with E-state index in [9.17, 15) is 0 Å². The molecule has 0 saturated carbocycles. The highest BCUT2D eigenvalue weighted by Gasteiger charge is 1.81. The lowest BCUT2D eigenvalue weighted by Crippen LogP contribution is -1.76. The fraction of sp³-hybridized carbons (Fsp3) is 0.500. The summed E-state index contributed by atoms with van der Waals surface area (Å²) in [6.07, 6.45) is 27.4. The molecule has 0 amide bonds. The quantitative estimate of drug-likeness (QED) is 0.129. The number of hydrogen-bond acceptors (Lipinski definition) is 16. The third-order valence-electron chi connectivity index (χ3n) is 5.89. The summed E-state index contributed by atoms with van der Waals surface area (Å²) in [6, 6.07) is 1.81. The smallest absolute Gasteiger partial charge is 0.180 e. The molecule has 0 saturated heterocycles. The van der Waals surface area contributed by atoms with Gasteiger partial charge in [0.1, 0.15) is 24.1 Å². The Kier molecular flexibility index (Phi) is 110. The van der Waals surface area contributed by atoms with Gasteiger partial charge in [-0.15, -0.1) is 34.0 Å². The molecule has 0 bridgehead atoms. The fourth-order valence-corrected chi connectivity index (χ4v) is 4.37. The highest BCUT2D eigenvalue weighted by Crippen LogP contribution is 2.00. The average Bonchev–Trinajstić information content (AvgIpc) is 4.32. The Morgan fingerprint density at radius 2 is 1.07 bits per heavy atom. The Labute approximate surface area is 499 Å². The average molecular weight is 1180 g/mol. The van der Waals surface area contributed by atoms with Crippen molar-refractivity contribution in [3.05, 3.63) is 178 Å². The summed E-state index contributed by atoms with van der Waals surface area (Å²) in [6.45, 7) is 57.5. The lowest BCUT2D eigenvalue weighted by molar-refractivity contribution is 0.415. The molecule has 10 rings (SSSR count). The maximum absolute atomic E-state index is 4.72. The van der Waals surface area contributed by atoms with Crippen LogP contribution in [-0.4, -0.2) is 69.7 Å². The Morgan fingerprint density at radius 1 is 0.512 bits per heavy atom. The number of nitrogens with zero attached hydrogens (tertiary/aromatic N) is 11. The molecule has 0 fully saturated rings. The Morgan fingerprint density at radius 3 is 1.19 bits per heavy atom.